The van der Waals surface area contributed by atoms with Crippen LogP contribution in [0, 0.1) is 0 Å². The molecule has 13 heteroatoms. The maximum absolute atomic E-state index is 12.3. The molecule has 0 heterocycles. The molecular weight excluding hydrogens is 404 g/mol. The lowest BCUT2D eigenvalue weighted by molar-refractivity contribution is -0.141. The molecule has 0 aromatic carbocycles. The van der Waals surface area contributed by atoms with Gasteiger partial charge in [0.15, 0.2) is 0 Å². The molecule has 166 valence electrons. The van der Waals surface area contributed by atoms with Crippen molar-refractivity contribution in [3.8, 4) is 0 Å². The number of carboxylic acid groups (broad SMARTS) is 1. The van der Waals surface area contributed by atoms with E-state index in [0.717, 1.165) is 0 Å². The normalized spacial score (nSPS) is 13.6. The molecule has 0 saturated carbocycles. The molecule has 0 bridgehead atoms. The van der Waals surface area contributed by atoms with Gasteiger partial charge in [0.2, 0.25) is 23.6 Å². The van der Waals surface area contributed by atoms with Gasteiger partial charge < -0.3 is 38.3 Å². The maximum atomic E-state index is 12.3. The molecule has 0 rings (SSSR count). The number of carbonyl (C=O) groups excluding carboxylic acids is 4. The molecule has 0 aliphatic heterocycles. The van der Waals surface area contributed by atoms with E-state index in [-0.39, 0.29) is 25.0 Å². The fourth-order valence-electron chi connectivity index (χ4n) is 2.19. The number of thiol groups is 1. The Hall–Kier alpha value is -2.38. The molecule has 0 aliphatic rings. The van der Waals surface area contributed by atoms with Crippen molar-refractivity contribution in [3.63, 3.8) is 0 Å². The lowest BCUT2D eigenvalue weighted by atomic mass is 10.1. The van der Waals surface area contributed by atoms with E-state index in [4.69, 9.17) is 22.3 Å². The molecule has 4 amide bonds. The molecule has 3 atom stereocenters. The van der Waals surface area contributed by atoms with Gasteiger partial charge in [-0.2, -0.15) is 12.6 Å². The summed E-state index contributed by atoms with van der Waals surface area (Å²) in [5.41, 5.74) is 16.0. The van der Waals surface area contributed by atoms with Crippen LogP contribution >= 0.6 is 12.6 Å². The molecule has 3 unspecified atom stereocenters. The van der Waals surface area contributed by atoms with Crippen LogP contribution in [0.4, 0.5) is 0 Å². The predicted octanol–water partition coefficient (Wildman–Crippen LogP) is -3.19. The van der Waals surface area contributed by atoms with E-state index in [1.165, 1.54) is 0 Å². The van der Waals surface area contributed by atoms with Gasteiger partial charge >= 0.3 is 5.97 Å². The molecule has 0 fully saturated rings. The Bertz CT molecular complexity index is 590. The average molecular weight is 435 g/mol. The second-order valence-corrected chi connectivity index (χ2v) is 6.68. The van der Waals surface area contributed by atoms with E-state index >= 15 is 0 Å². The highest BCUT2D eigenvalue weighted by Gasteiger charge is 2.25. The largest absolute Gasteiger partial charge is 0.480 e. The molecule has 0 aromatic heterocycles. The van der Waals surface area contributed by atoms with Gasteiger partial charge in [-0.05, 0) is 32.2 Å². The van der Waals surface area contributed by atoms with Crippen molar-refractivity contribution in [1.29, 1.82) is 0 Å². The summed E-state index contributed by atoms with van der Waals surface area (Å²) >= 11 is 3.87. The maximum Gasteiger partial charge on any atom is 0.327 e. The smallest absolute Gasteiger partial charge is 0.327 e. The van der Waals surface area contributed by atoms with Crippen LogP contribution in [0.5, 0.6) is 0 Å². The number of nitrogens with two attached hydrogens (primary N) is 3. The second-order valence-electron chi connectivity index (χ2n) is 6.32. The summed E-state index contributed by atoms with van der Waals surface area (Å²) in [6.45, 7) is -0.0470. The summed E-state index contributed by atoms with van der Waals surface area (Å²) in [6.07, 6.45) is 1.34. The first-order chi connectivity index (χ1) is 13.6. The van der Waals surface area contributed by atoms with Gasteiger partial charge in [0, 0.05) is 12.2 Å². The molecule has 12 nitrogen and oxygen atoms in total. The molecule has 0 aromatic rings. The number of carboxylic acids is 1. The van der Waals surface area contributed by atoms with E-state index in [2.05, 4.69) is 28.6 Å². The van der Waals surface area contributed by atoms with Crippen LogP contribution in [-0.4, -0.2) is 71.7 Å². The first-order valence-corrected chi connectivity index (χ1v) is 9.70. The third-order valence-electron chi connectivity index (χ3n) is 3.86. The van der Waals surface area contributed by atoms with E-state index in [0.29, 0.717) is 19.4 Å². The number of primary amides is 1. The SMILES string of the molecule is NCCCCC(NC(=O)CNC(=O)C(N)CCC(N)=O)C(=O)NC(CS)C(=O)O. The van der Waals surface area contributed by atoms with Gasteiger partial charge in [0.1, 0.15) is 12.1 Å². The third kappa shape index (κ3) is 11.9. The highest BCUT2D eigenvalue weighted by molar-refractivity contribution is 7.80. The minimum atomic E-state index is -1.25. The van der Waals surface area contributed by atoms with E-state index in [1.54, 1.807) is 0 Å². The van der Waals surface area contributed by atoms with Gasteiger partial charge in [-0.1, -0.05) is 0 Å². The number of hydrogen-bond donors (Lipinski definition) is 8. The zero-order valence-corrected chi connectivity index (χ0v) is 17.0. The average Bonchev–Trinajstić information content (AvgIpc) is 2.66. The highest BCUT2D eigenvalue weighted by atomic mass is 32.1. The zero-order valence-electron chi connectivity index (χ0n) is 16.1. The lowest BCUT2D eigenvalue weighted by Gasteiger charge is -2.21. The van der Waals surface area contributed by atoms with Crippen LogP contribution in [-0.2, 0) is 24.0 Å². The van der Waals surface area contributed by atoms with Crippen molar-refractivity contribution in [2.24, 2.45) is 17.2 Å². The highest BCUT2D eigenvalue weighted by Crippen LogP contribution is 2.02. The number of unbranched alkanes of at least 4 members (excludes halogenated alkanes) is 1. The number of amides is 4. The van der Waals surface area contributed by atoms with Crippen molar-refractivity contribution in [3.05, 3.63) is 0 Å². The second kappa shape index (κ2) is 14.6. The van der Waals surface area contributed by atoms with Gasteiger partial charge in [-0.3, -0.25) is 19.2 Å². The Morgan fingerprint density at radius 3 is 2.14 bits per heavy atom. The first-order valence-electron chi connectivity index (χ1n) is 9.07. The summed E-state index contributed by atoms with van der Waals surface area (Å²) in [5.74, 6) is -3.96. The molecule has 0 spiro atoms. The van der Waals surface area contributed by atoms with E-state index in [1.807, 2.05) is 0 Å². The first kappa shape index (κ1) is 26.6. The molecular formula is C16H30N6O6S. The Morgan fingerprint density at radius 2 is 1.62 bits per heavy atom. The van der Waals surface area contributed by atoms with Gasteiger partial charge in [0.05, 0.1) is 12.6 Å². The Kier molecular flexibility index (Phi) is 13.4. The van der Waals surface area contributed by atoms with Crippen molar-refractivity contribution in [2.75, 3.05) is 18.8 Å². The number of carbonyl (C=O) groups is 5. The van der Waals surface area contributed by atoms with Crippen molar-refractivity contribution in [2.45, 2.75) is 50.2 Å². The Balaban J connectivity index is 4.73. The zero-order chi connectivity index (χ0) is 22.4. The summed E-state index contributed by atoms with van der Waals surface area (Å²) in [6, 6.07) is -3.22. The standard InChI is InChI=1S/C16H30N6O6S/c17-6-2-1-3-10(15(26)22-11(8-29)16(27)28)21-13(24)7-20-14(25)9(18)4-5-12(19)23/h9-11,29H,1-8,17-18H2,(H2,19,23)(H,20,25)(H,21,24)(H,22,26)(H,27,28). The number of nitrogens with one attached hydrogen (secondary N) is 3. The minimum absolute atomic E-state index is 0.0349. The van der Waals surface area contributed by atoms with Gasteiger partial charge in [0.25, 0.3) is 0 Å². The number of rotatable bonds is 15. The monoisotopic (exact) mass is 434 g/mol. The van der Waals surface area contributed by atoms with Crippen LogP contribution in [0.3, 0.4) is 0 Å². The number of aliphatic carboxylic acids is 1. The van der Waals surface area contributed by atoms with Crippen LogP contribution in [0.1, 0.15) is 32.1 Å². The molecule has 10 N–H and O–H groups in total. The number of hydrogen-bond acceptors (Lipinski definition) is 8. The van der Waals surface area contributed by atoms with Crippen molar-refractivity contribution in [1.82, 2.24) is 16.0 Å². The van der Waals surface area contributed by atoms with Crippen LogP contribution < -0.4 is 33.2 Å². The molecule has 29 heavy (non-hydrogen) atoms. The van der Waals surface area contributed by atoms with Crippen LogP contribution in [0.25, 0.3) is 0 Å². The Morgan fingerprint density at radius 1 is 0.966 bits per heavy atom. The summed E-state index contributed by atoms with van der Waals surface area (Å²) in [4.78, 5) is 58.0. The fraction of sp³-hybridized carbons (Fsp3) is 0.688. The summed E-state index contributed by atoms with van der Waals surface area (Å²) in [5, 5.41) is 16.1. The van der Waals surface area contributed by atoms with E-state index < -0.39 is 54.3 Å². The fourth-order valence-corrected chi connectivity index (χ4v) is 2.44. The van der Waals surface area contributed by atoms with Crippen LogP contribution in [0.2, 0.25) is 0 Å². The molecule has 0 saturated heterocycles. The van der Waals surface area contributed by atoms with Crippen molar-refractivity contribution >= 4 is 42.2 Å². The van der Waals surface area contributed by atoms with Gasteiger partial charge in [-0.25, -0.2) is 4.79 Å². The molecule has 0 aliphatic carbocycles. The molecule has 0 radical (unpaired) electrons. The minimum Gasteiger partial charge on any atom is -0.480 e. The third-order valence-corrected chi connectivity index (χ3v) is 4.22. The van der Waals surface area contributed by atoms with Gasteiger partial charge in [-0.15, -0.1) is 0 Å². The predicted molar refractivity (Wildman–Crippen MR) is 108 cm³/mol. The summed E-state index contributed by atoms with van der Waals surface area (Å²) in [7, 11) is 0. The topological polar surface area (TPSA) is 220 Å². The van der Waals surface area contributed by atoms with E-state index in [9.17, 15) is 24.0 Å². The lowest BCUT2D eigenvalue weighted by Crippen LogP contribution is -2.54. The van der Waals surface area contributed by atoms with Crippen molar-refractivity contribution < 1.29 is 29.1 Å². The van der Waals surface area contributed by atoms with Crippen LogP contribution in [0.15, 0.2) is 0 Å². The quantitative estimate of drug-likeness (QED) is 0.0966. The summed E-state index contributed by atoms with van der Waals surface area (Å²) < 4.78 is 0. The Labute approximate surface area is 174 Å².